The molecule has 0 aliphatic carbocycles. The van der Waals surface area contributed by atoms with Gasteiger partial charge >= 0.3 is 5.97 Å². The predicted octanol–water partition coefficient (Wildman–Crippen LogP) is 2.71. The number of methoxy groups -OCH3 is 1. The first-order chi connectivity index (χ1) is 12.6. The smallest absolute Gasteiger partial charge is 0.349 e. The van der Waals surface area contributed by atoms with Crippen LogP contribution in [-0.4, -0.2) is 26.0 Å². The molecular weight excluding hydrogens is 332 g/mol. The summed E-state index contributed by atoms with van der Waals surface area (Å²) >= 11 is 0. The van der Waals surface area contributed by atoms with Crippen LogP contribution in [0.1, 0.15) is 21.5 Å². The maximum absolute atomic E-state index is 12.1. The Labute approximate surface area is 151 Å². The molecule has 0 spiro atoms. The number of nitriles is 1. The summed E-state index contributed by atoms with van der Waals surface area (Å²) in [5.41, 5.74) is 1.82. The molecule has 26 heavy (non-hydrogen) atoms. The molecule has 0 radical (unpaired) electrons. The molecule has 2 rings (SSSR count). The number of ether oxygens (including phenoxy) is 2. The largest absolute Gasteiger partial charge is 0.497 e. The van der Waals surface area contributed by atoms with Crippen molar-refractivity contribution in [1.29, 1.82) is 5.26 Å². The molecule has 6 nitrogen and oxygen atoms in total. The van der Waals surface area contributed by atoms with Crippen LogP contribution < -0.4 is 10.1 Å². The molecule has 2 aromatic carbocycles. The molecule has 0 saturated carbocycles. The Hall–Kier alpha value is -3.59. The van der Waals surface area contributed by atoms with Crippen LogP contribution in [0.3, 0.4) is 0 Å². The molecule has 1 amide bonds. The lowest BCUT2D eigenvalue weighted by molar-refractivity contribution is -0.139. The molecule has 2 aromatic rings. The van der Waals surface area contributed by atoms with Gasteiger partial charge in [-0.1, -0.05) is 24.3 Å². The van der Waals surface area contributed by atoms with Crippen molar-refractivity contribution in [2.45, 2.75) is 6.61 Å². The first-order valence-corrected chi connectivity index (χ1v) is 7.81. The minimum Gasteiger partial charge on any atom is -0.497 e. The maximum atomic E-state index is 12.1. The number of benzene rings is 2. The van der Waals surface area contributed by atoms with E-state index in [4.69, 9.17) is 9.47 Å². The number of hydrogen-bond acceptors (Lipinski definition) is 5. The Bertz CT molecular complexity index is 847. The number of esters is 1. The van der Waals surface area contributed by atoms with Crippen molar-refractivity contribution in [1.82, 2.24) is 5.32 Å². The molecule has 0 heterocycles. The third-order valence-electron chi connectivity index (χ3n) is 3.58. The lowest BCUT2D eigenvalue weighted by Crippen LogP contribution is -2.17. The van der Waals surface area contributed by atoms with Crippen LogP contribution in [0.5, 0.6) is 5.75 Å². The first-order valence-electron chi connectivity index (χ1n) is 7.81. The van der Waals surface area contributed by atoms with E-state index >= 15 is 0 Å². The van der Waals surface area contributed by atoms with Crippen LogP contribution in [0.4, 0.5) is 0 Å². The Kier molecular flexibility index (Phi) is 6.52. The highest BCUT2D eigenvalue weighted by atomic mass is 16.5. The van der Waals surface area contributed by atoms with Gasteiger partial charge in [-0.05, 0) is 41.5 Å². The van der Waals surface area contributed by atoms with Crippen LogP contribution in [0.2, 0.25) is 0 Å². The fraction of sp³-hybridized carbons (Fsp3) is 0.150. The zero-order valence-electron chi connectivity index (χ0n) is 14.5. The van der Waals surface area contributed by atoms with Gasteiger partial charge in [0.2, 0.25) is 0 Å². The van der Waals surface area contributed by atoms with Crippen LogP contribution in [0, 0.1) is 11.3 Å². The molecule has 0 unspecified atom stereocenters. The van der Waals surface area contributed by atoms with Gasteiger partial charge in [-0.2, -0.15) is 5.26 Å². The van der Waals surface area contributed by atoms with E-state index in [1.165, 1.54) is 6.08 Å². The van der Waals surface area contributed by atoms with E-state index in [1.807, 2.05) is 6.07 Å². The Balaban J connectivity index is 2.01. The molecule has 0 aliphatic heterocycles. The molecule has 0 aliphatic rings. The van der Waals surface area contributed by atoms with Crippen molar-refractivity contribution in [3.63, 3.8) is 0 Å². The number of carbonyl (C=O) groups is 2. The lowest BCUT2D eigenvalue weighted by Gasteiger charge is -2.06. The Morgan fingerprint density at radius 3 is 2.31 bits per heavy atom. The molecule has 0 bridgehead atoms. The van der Waals surface area contributed by atoms with E-state index in [0.29, 0.717) is 22.4 Å². The number of amides is 1. The highest BCUT2D eigenvalue weighted by Gasteiger charge is 2.11. The van der Waals surface area contributed by atoms with Crippen molar-refractivity contribution < 1.29 is 19.1 Å². The van der Waals surface area contributed by atoms with Crippen molar-refractivity contribution in [2.24, 2.45) is 0 Å². The van der Waals surface area contributed by atoms with E-state index in [0.717, 1.165) is 0 Å². The second-order valence-electron chi connectivity index (χ2n) is 5.30. The summed E-state index contributed by atoms with van der Waals surface area (Å²) in [6, 6.07) is 15.5. The summed E-state index contributed by atoms with van der Waals surface area (Å²) in [6.45, 7) is 0.00842. The van der Waals surface area contributed by atoms with Gasteiger partial charge in [-0.25, -0.2) is 4.79 Å². The number of nitrogens with zero attached hydrogens (tertiary/aromatic N) is 1. The maximum Gasteiger partial charge on any atom is 0.349 e. The monoisotopic (exact) mass is 350 g/mol. The fourth-order valence-electron chi connectivity index (χ4n) is 2.13. The number of rotatable bonds is 6. The second kappa shape index (κ2) is 9.04. The van der Waals surface area contributed by atoms with Crippen molar-refractivity contribution in [3.8, 4) is 11.8 Å². The quantitative estimate of drug-likeness (QED) is 0.492. The van der Waals surface area contributed by atoms with Gasteiger partial charge in [-0.15, -0.1) is 0 Å². The van der Waals surface area contributed by atoms with Crippen molar-refractivity contribution in [2.75, 3.05) is 14.2 Å². The molecule has 0 fully saturated rings. The molecule has 0 atom stereocenters. The summed E-state index contributed by atoms with van der Waals surface area (Å²) < 4.78 is 10.2. The minimum atomic E-state index is -0.710. The summed E-state index contributed by atoms with van der Waals surface area (Å²) in [5.74, 6) is -0.218. The molecule has 6 heteroatoms. The molecular formula is C20H18N2O4. The second-order valence-corrected chi connectivity index (χ2v) is 5.30. The third kappa shape index (κ3) is 4.95. The van der Waals surface area contributed by atoms with E-state index in [1.54, 1.807) is 62.7 Å². The molecule has 0 saturated heterocycles. The van der Waals surface area contributed by atoms with E-state index in [2.05, 4.69) is 5.32 Å². The summed E-state index contributed by atoms with van der Waals surface area (Å²) in [5, 5.41) is 11.7. The normalized spacial score (nSPS) is 10.6. The van der Waals surface area contributed by atoms with E-state index < -0.39 is 5.97 Å². The average Bonchev–Trinajstić information content (AvgIpc) is 2.70. The molecule has 132 valence electrons. The topological polar surface area (TPSA) is 88.4 Å². The number of nitrogens with one attached hydrogen (secondary N) is 1. The number of hydrogen-bond donors (Lipinski definition) is 1. The molecule has 0 aromatic heterocycles. The minimum absolute atomic E-state index is 0.00842. The van der Waals surface area contributed by atoms with Crippen LogP contribution >= 0.6 is 0 Å². The van der Waals surface area contributed by atoms with Crippen LogP contribution in [0.15, 0.2) is 54.1 Å². The molecule has 1 N–H and O–H groups in total. The Morgan fingerprint density at radius 2 is 1.77 bits per heavy atom. The van der Waals surface area contributed by atoms with Gasteiger partial charge in [0.15, 0.2) is 0 Å². The zero-order chi connectivity index (χ0) is 18.9. The highest BCUT2D eigenvalue weighted by Crippen LogP contribution is 2.15. The van der Waals surface area contributed by atoms with Crippen LogP contribution in [-0.2, 0) is 16.1 Å². The van der Waals surface area contributed by atoms with E-state index in [-0.39, 0.29) is 18.1 Å². The van der Waals surface area contributed by atoms with Crippen molar-refractivity contribution >= 4 is 18.0 Å². The predicted molar refractivity (Wildman–Crippen MR) is 96.2 cm³/mol. The lowest BCUT2D eigenvalue weighted by atomic mass is 10.1. The van der Waals surface area contributed by atoms with Crippen LogP contribution in [0.25, 0.3) is 6.08 Å². The SMILES string of the molecule is CNC(=O)c1ccc(COC(=O)C(C#N)=Cc2ccc(OC)cc2)cc1. The zero-order valence-corrected chi connectivity index (χ0v) is 14.5. The fourth-order valence-corrected chi connectivity index (χ4v) is 2.13. The van der Waals surface area contributed by atoms with E-state index in [9.17, 15) is 14.9 Å². The first kappa shape index (κ1) is 18.7. The summed E-state index contributed by atoms with van der Waals surface area (Å²) in [6.07, 6.45) is 1.45. The van der Waals surface area contributed by atoms with Crippen molar-refractivity contribution in [3.05, 3.63) is 70.8 Å². The average molecular weight is 350 g/mol. The van der Waals surface area contributed by atoms with Gasteiger partial charge in [0.05, 0.1) is 7.11 Å². The summed E-state index contributed by atoms with van der Waals surface area (Å²) in [7, 11) is 3.11. The standard InChI is InChI=1S/C20H18N2O4/c1-22-19(23)16-7-3-15(4-8-16)13-26-20(24)17(12-21)11-14-5-9-18(25-2)10-6-14/h3-11H,13H2,1-2H3,(H,22,23). The summed E-state index contributed by atoms with van der Waals surface area (Å²) in [4.78, 5) is 23.6. The van der Waals surface area contributed by atoms with Gasteiger partial charge in [-0.3, -0.25) is 4.79 Å². The third-order valence-corrected chi connectivity index (χ3v) is 3.58. The van der Waals surface area contributed by atoms with Gasteiger partial charge < -0.3 is 14.8 Å². The Morgan fingerprint density at radius 1 is 1.12 bits per heavy atom. The van der Waals surface area contributed by atoms with Gasteiger partial charge in [0.25, 0.3) is 5.91 Å². The highest BCUT2D eigenvalue weighted by molar-refractivity contribution is 5.98. The van der Waals surface area contributed by atoms with Gasteiger partial charge in [0, 0.05) is 12.6 Å². The van der Waals surface area contributed by atoms with Gasteiger partial charge in [0.1, 0.15) is 24.0 Å². The number of carbonyl (C=O) groups excluding carboxylic acids is 2.